The summed E-state index contributed by atoms with van der Waals surface area (Å²) in [6.45, 7) is 5.70. The monoisotopic (exact) mass is 248 g/mol. The number of aromatic nitrogens is 2. The van der Waals surface area contributed by atoms with Gasteiger partial charge in [0.05, 0.1) is 5.39 Å². The van der Waals surface area contributed by atoms with Crippen LogP contribution in [0.25, 0.3) is 11.1 Å². The van der Waals surface area contributed by atoms with Gasteiger partial charge < -0.3 is 13.9 Å². The van der Waals surface area contributed by atoms with E-state index in [1.807, 2.05) is 18.4 Å². The van der Waals surface area contributed by atoms with Crippen LogP contribution in [0.2, 0.25) is 0 Å². The molecule has 1 N–H and O–H groups in total. The molecular formula is C13H20N4O. The van der Waals surface area contributed by atoms with Crippen molar-refractivity contribution in [3.05, 3.63) is 23.1 Å². The van der Waals surface area contributed by atoms with Crippen LogP contribution in [0, 0.1) is 19.3 Å². The zero-order valence-corrected chi connectivity index (χ0v) is 11.4. The zero-order chi connectivity index (χ0) is 13.3. The van der Waals surface area contributed by atoms with Gasteiger partial charge in [-0.25, -0.2) is 4.98 Å². The molecule has 0 spiro atoms. The summed E-state index contributed by atoms with van der Waals surface area (Å²) in [7, 11) is 4.11. The molecule has 2 rings (SSSR count). The van der Waals surface area contributed by atoms with Crippen molar-refractivity contribution in [2.75, 3.05) is 20.6 Å². The van der Waals surface area contributed by atoms with Crippen molar-refractivity contribution in [1.82, 2.24) is 14.5 Å². The Labute approximate surface area is 107 Å². The van der Waals surface area contributed by atoms with E-state index in [0.29, 0.717) is 11.2 Å². The minimum absolute atomic E-state index is 0.494. The second-order valence-corrected chi connectivity index (χ2v) is 4.91. The second-order valence-electron chi connectivity index (χ2n) is 4.91. The summed E-state index contributed by atoms with van der Waals surface area (Å²) in [5.74, 6) is 0.844. The van der Waals surface area contributed by atoms with Crippen LogP contribution in [0.5, 0.6) is 0 Å². The first-order chi connectivity index (χ1) is 8.50. The summed E-state index contributed by atoms with van der Waals surface area (Å²) in [5.41, 5.74) is 2.08. The first-order valence-corrected chi connectivity index (χ1v) is 6.15. The van der Waals surface area contributed by atoms with Gasteiger partial charge in [-0.05, 0) is 40.9 Å². The van der Waals surface area contributed by atoms with Crippen LogP contribution in [0.4, 0.5) is 0 Å². The molecular weight excluding hydrogens is 228 g/mol. The van der Waals surface area contributed by atoms with E-state index in [0.717, 1.165) is 36.2 Å². The summed E-state index contributed by atoms with van der Waals surface area (Å²) in [5, 5.41) is 9.06. The van der Waals surface area contributed by atoms with Crippen LogP contribution in [0.1, 0.15) is 17.7 Å². The lowest BCUT2D eigenvalue weighted by atomic mass is 10.2. The third-order valence-electron chi connectivity index (χ3n) is 3.21. The third kappa shape index (κ3) is 2.31. The SMILES string of the molecule is Cc1oc2ncn(CCCN(C)C)c(=N)c2c1C. The van der Waals surface area contributed by atoms with Gasteiger partial charge >= 0.3 is 0 Å². The van der Waals surface area contributed by atoms with Crippen LogP contribution in [-0.4, -0.2) is 35.1 Å². The summed E-state index contributed by atoms with van der Waals surface area (Å²) in [6.07, 6.45) is 2.70. The molecule has 2 aromatic heterocycles. The summed E-state index contributed by atoms with van der Waals surface area (Å²) in [6, 6.07) is 0. The van der Waals surface area contributed by atoms with E-state index in [9.17, 15) is 0 Å². The zero-order valence-electron chi connectivity index (χ0n) is 11.4. The predicted molar refractivity (Wildman–Crippen MR) is 70.5 cm³/mol. The van der Waals surface area contributed by atoms with E-state index in [-0.39, 0.29) is 0 Å². The standard InChI is InChI=1S/C13H20N4O/c1-9-10(2)18-13-11(9)12(14)17(8-15-13)7-5-6-16(3)4/h8,14H,5-7H2,1-4H3. The molecule has 0 atom stereocenters. The van der Waals surface area contributed by atoms with Gasteiger partial charge in [0.2, 0.25) is 5.71 Å². The Balaban J connectivity index is 2.33. The number of hydrogen-bond acceptors (Lipinski definition) is 4. The van der Waals surface area contributed by atoms with Crippen molar-refractivity contribution < 1.29 is 4.42 Å². The largest absolute Gasteiger partial charge is 0.443 e. The highest BCUT2D eigenvalue weighted by atomic mass is 16.3. The van der Waals surface area contributed by atoms with E-state index in [1.165, 1.54) is 0 Å². The van der Waals surface area contributed by atoms with E-state index >= 15 is 0 Å². The maximum Gasteiger partial charge on any atom is 0.231 e. The minimum Gasteiger partial charge on any atom is -0.443 e. The van der Waals surface area contributed by atoms with Gasteiger partial charge in [-0.3, -0.25) is 5.41 Å². The Bertz CT molecular complexity index is 609. The predicted octanol–water partition coefficient (Wildman–Crippen LogP) is 1.68. The van der Waals surface area contributed by atoms with Crippen molar-refractivity contribution in [2.24, 2.45) is 0 Å². The molecule has 18 heavy (non-hydrogen) atoms. The quantitative estimate of drug-likeness (QED) is 0.895. The fraction of sp³-hybridized carbons (Fsp3) is 0.538. The number of nitrogens with zero attached hydrogens (tertiary/aromatic N) is 3. The smallest absolute Gasteiger partial charge is 0.231 e. The Kier molecular flexibility index (Phi) is 3.52. The number of nitrogens with one attached hydrogen (secondary N) is 1. The van der Waals surface area contributed by atoms with Crippen molar-refractivity contribution in [2.45, 2.75) is 26.8 Å². The number of hydrogen-bond donors (Lipinski definition) is 1. The summed E-state index contributed by atoms with van der Waals surface area (Å²) >= 11 is 0. The molecule has 0 saturated heterocycles. The van der Waals surface area contributed by atoms with Crippen LogP contribution in [-0.2, 0) is 6.54 Å². The molecule has 0 aliphatic carbocycles. The number of furan rings is 1. The molecule has 0 aliphatic heterocycles. The normalized spacial score (nSPS) is 11.6. The fourth-order valence-electron chi connectivity index (χ4n) is 2.03. The van der Waals surface area contributed by atoms with Crippen molar-refractivity contribution in [3.8, 4) is 0 Å². The van der Waals surface area contributed by atoms with Gasteiger partial charge in [-0.1, -0.05) is 0 Å². The number of rotatable bonds is 4. The molecule has 5 heteroatoms. The lowest BCUT2D eigenvalue weighted by Crippen LogP contribution is -2.23. The summed E-state index contributed by atoms with van der Waals surface area (Å²) in [4.78, 5) is 6.43. The Morgan fingerprint density at radius 1 is 1.39 bits per heavy atom. The van der Waals surface area contributed by atoms with Gasteiger partial charge in [-0.2, -0.15) is 0 Å². The maximum atomic E-state index is 8.23. The van der Waals surface area contributed by atoms with E-state index in [2.05, 4.69) is 24.0 Å². The lowest BCUT2D eigenvalue weighted by Gasteiger charge is -2.10. The molecule has 0 amide bonds. The van der Waals surface area contributed by atoms with Crippen molar-refractivity contribution in [3.63, 3.8) is 0 Å². The van der Waals surface area contributed by atoms with E-state index in [4.69, 9.17) is 9.83 Å². The maximum absolute atomic E-state index is 8.23. The molecule has 0 saturated carbocycles. The van der Waals surface area contributed by atoms with Crippen LogP contribution >= 0.6 is 0 Å². The van der Waals surface area contributed by atoms with Crippen molar-refractivity contribution >= 4 is 11.1 Å². The Morgan fingerprint density at radius 2 is 2.11 bits per heavy atom. The highest BCUT2D eigenvalue weighted by molar-refractivity contribution is 5.76. The topological polar surface area (TPSA) is 58.1 Å². The highest BCUT2D eigenvalue weighted by Gasteiger charge is 2.11. The molecule has 0 bridgehead atoms. The molecule has 0 fully saturated rings. The molecule has 2 heterocycles. The van der Waals surface area contributed by atoms with E-state index < -0.39 is 0 Å². The van der Waals surface area contributed by atoms with Gasteiger partial charge in [0.25, 0.3) is 0 Å². The van der Waals surface area contributed by atoms with Crippen LogP contribution < -0.4 is 5.49 Å². The highest BCUT2D eigenvalue weighted by Crippen LogP contribution is 2.18. The van der Waals surface area contributed by atoms with Gasteiger partial charge in [-0.15, -0.1) is 0 Å². The average molecular weight is 248 g/mol. The van der Waals surface area contributed by atoms with Gasteiger partial charge in [0.15, 0.2) is 0 Å². The first-order valence-electron chi connectivity index (χ1n) is 6.15. The van der Waals surface area contributed by atoms with Crippen molar-refractivity contribution in [1.29, 1.82) is 5.41 Å². The van der Waals surface area contributed by atoms with Gasteiger partial charge in [0.1, 0.15) is 17.6 Å². The molecule has 0 radical (unpaired) electrons. The molecule has 98 valence electrons. The van der Waals surface area contributed by atoms with E-state index in [1.54, 1.807) is 6.33 Å². The fourth-order valence-corrected chi connectivity index (χ4v) is 2.03. The molecule has 0 unspecified atom stereocenters. The lowest BCUT2D eigenvalue weighted by molar-refractivity contribution is 0.383. The minimum atomic E-state index is 0.494. The summed E-state index contributed by atoms with van der Waals surface area (Å²) < 4.78 is 7.41. The molecule has 0 aromatic carbocycles. The molecule has 0 aliphatic rings. The second kappa shape index (κ2) is 4.94. The van der Waals surface area contributed by atoms with Crippen LogP contribution in [0.15, 0.2) is 10.7 Å². The van der Waals surface area contributed by atoms with Crippen LogP contribution in [0.3, 0.4) is 0 Å². The Hall–Kier alpha value is -1.62. The molecule has 2 aromatic rings. The number of fused-ring (bicyclic) bond motifs is 1. The first kappa shape index (κ1) is 12.8. The third-order valence-corrected chi connectivity index (χ3v) is 3.21. The number of aryl methyl sites for hydroxylation is 3. The average Bonchev–Trinajstić information content (AvgIpc) is 2.58. The molecule has 5 nitrogen and oxygen atoms in total. The van der Waals surface area contributed by atoms with Gasteiger partial charge in [0, 0.05) is 12.1 Å². The Morgan fingerprint density at radius 3 is 2.78 bits per heavy atom.